The molecule has 7 nitrogen and oxygen atoms in total. The van der Waals surface area contributed by atoms with Crippen LogP contribution in [0.2, 0.25) is 0 Å². The normalized spacial score (nSPS) is 24.0. The number of anilines is 1. The molecule has 140 valence electrons. The van der Waals surface area contributed by atoms with E-state index in [1.165, 1.54) is 0 Å². The van der Waals surface area contributed by atoms with Crippen molar-refractivity contribution in [3.63, 3.8) is 0 Å². The Balaban J connectivity index is 1.66. The Morgan fingerprint density at radius 1 is 1.19 bits per heavy atom. The number of carbonyl (C=O) groups excluding carboxylic acids is 1. The number of nitrogens with zero attached hydrogens (tertiary/aromatic N) is 3. The predicted molar refractivity (Wildman–Crippen MR) is 99.0 cm³/mol. The van der Waals surface area contributed by atoms with Crippen molar-refractivity contribution in [3.8, 4) is 11.5 Å². The zero-order valence-corrected chi connectivity index (χ0v) is 15.5. The lowest BCUT2D eigenvalue weighted by molar-refractivity contribution is -0.117. The van der Waals surface area contributed by atoms with E-state index in [0.717, 1.165) is 41.2 Å². The van der Waals surface area contributed by atoms with Crippen LogP contribution in [0.1, 0.15) is 43.6 Å². The molecule has 0 radical (unpaired) electrons. The number of carbonyl (C=O) groups is 1. The summed E-state index contributed by atoms with van der Waals surface area (Å²) in [6.45, 7) is 5.25. The van der Waals surface area contributed by atoms with Gasteiger partial charge >= 0.3 is 0 Å². The fraction of sp³-hybridized carbons (Fsp3) is 0.450. The fourth-order valence-corrected chi connectivity index (χ4v) is 4.17. The summed E-state index contributed by atoms with van der Waals surface area (Å²) in [4.78, 5) is 17.5. The molecule has 0 spiro atoms. The molecule has 2 atom stereocenters. The van der Waals surface area contributed by atoms with Crippen LogP contribution in [-0.4, -0.2) is 33.8 Å². The molecule has 2 aliphatic heterocycles. The highest BCUT2D eigenvalue weighted by molar-refractivity contribution is 5.99. The minimum absolute atomic E-state index is 0.173. The van der Waals surface area contributed by atoms with Gasteiger partial charge in [-0.25, -0.2) is 4.68 Å². The van der Waals surface area contributed by atoms with Gasteiger partial charge in [0.2, 0.25) is 5.95 Å². The number of aromatic nitrogens is 3. The summed E-state index contributed by atoms with van der Waals surface area (Å²) in [6, 6.07) is 5.61. The molecule has 1 aliphatic carbocycles. The third-order valence-electron chi connectivity index (χ3n) is 5.32. The van der Waals surface area contributed by atoms with Crippen molar-refractivity contribution in [3.05, 3.63) is 40.9 Å². The summed E-state index contributed by atoms with van der Waals surface area (Å²) in [5.41, 5.74) is 2.72. The van der Waals surface area contributed by atoms with Gasteiger partial charge in [-0.05, 0) is 37.0 Å². The highest BCUT2D eigenvalue weighted by Gasteiger charge is 2.38. The molecule has 0 saturated heterocycles. The van der Waals surface area contributed by atoms with Gasteiger partial charge in [0, 0.05) is 24.1 Å². The summed E-state index contributed by atoms with van der Waals surface area (Å²) in [7, 11) is 0. The van der Waals surface area contributed by atoms with Gasteiger partial charge in [0.15, 0.2) is 17.3 Å². The second-order valence-electron chi connectivity index (χ2n) is 7.54. The Bertz CT molecular complexity index is 962. The number of fused-ring (bicyclic) bond motifs is 2. The van der Waals surface area contributed by atoms with Crippen LogP contribution in [-0.2, 0) is 4.79 Å². The van der Waals surface area contributed by atoms with Crippen molar-refractivity contribution in [2.45, 2.75) is 39.2 Å². The Morgan fingerprint density at radius 3 is 2.85 bits per heavy atom. The number of nitrogens with one attached hydrogen (secondary N) is 1. The number of aryl methyl sites for hydroxylation is 1. The quantitative estimate of drug-likeness (QED) is 0.836. The second-order valence-corrected chi connectivity index (χ2v) is 7.54. The number of Topliss-reactive ketones (excluding diaryl/α,β-unsaturated/α-hetero) is 1. The number of ether oxygens (including phenoxy) is 2. The average molecular weight is 366 g/mol. The summed E-state index contributed by atoms with van der Waals surface area (Å²) >= 11 is 0. The van der Waals surface area contributed by atoms with Crippen LogP contribution in [0.3, 0.4) is 0 Å². The number of allylic oxidation sites excluding steroid dienone is 2. The molecule has 5 rings (SSSR count). The van der Waals surface area contributed by atoms with E-state index in [4.69, 9.17) is 9.47 Å². The zero-order chi connectivity index (χ0) is 18.5. The molecule has 2 aromatic rings. The Morgan fingerprint density at radius 2 is 2.00 bits per heavy atom. The number of rotatable bonds is 1. The Hall–Kier alpha value is -2.83. The average Bonchev–Trinajstić information content (AvgIpc) is 2.85. The summed E-state index contributed by atoms with van der Waals surface area (Å²) in [5.74, 6) is 3.33. The topological polar surface area (TPSA) is 78.3 Å². The lowest BCUT2D eigenvalue weighted by atomic mass is 9.81. The molecule has 27 heavy (non-hydrogen) atoms. The van der Waals surface area contributed by atoms with E-state index in [-0.39, 0.29) is 11.8 Å². The molecule has 0 amide bonds. The number of hydrogen-bond donors (Lipinski definition) is 1. The Labute approximate surface area is 157 Å². The maximum Gasteiger partial charge on any atom is 0.226 e. The highest BCUT2D eigenvalue weighted by Crippen LogP contribution is 2.43. The van der Waals surface area contributed by atoms with Crippen molar-refractivity contribution in [1.82, 2.24) is 14.8 Å². The molecule has 3 heterocycles. The summed E-state index contributed by atoms with van der Waals surface area (Å²) in [6.07, 6.45) is 2.26. The van der Waals surface area contributed by atoms with E-state index in [0.29, 0.717) is 37.3 Å². The van der Waals surface area contributed by atoms with Gasteiger partial charge in [-0.1, -0.05) is 13.0 Å². The van der Waals surface area contributed by atoms with Crippen LogP contribution >= 0.6 is 0 Å². The first-order chi connectivity index (χ1) is 13.1. The molecule has 1 aromatic heterocycles. The number of hydrogen-bond acceptors (Lipinski definition) is 6. The largest absolute Gasteiger partial charge is 0.490 e. The van der Waals surface area contributed by atoms with E-state index in [9.17, 15) is 4.79 Å². The molecule has 1 aromatic carbocycles. The molecule has 7 heteroatoms. The first-order valence-electron chi connectivity index (χ1n) is 9.46. The van der Waals surface area contributed by atoms with Crippen LogP contribution in [0.4, 0.5) is 5.95 Å². The van der Waals surface area contributed by atoms with Crippen LogP contribution in [0.15, 0.2) is 29.5 Å². The van der Waals surface area contributed by atoms with Crippen molar-refractivity contribution >= 4 is 11.7 Å². The smallest absolute Gasteiger partial charge is 0.226 e. The van der Waals surface area contributed by atoms with Gasteiger partial charge in [0.1, 0.15) is 11.9 Å². The molecule has 3 aliphatic rings. The van der Waals surface area contributed by atoms with Gasteiger partial charge in [0.25, 0.3) is 0 Å². The van der Waals surface area contributed by atoms with E-state index < -0.39 is 0 Å². The molecule has 2 unspecified atom stereocenters. The van der Waals surface area contributed by atoms with Crippen molar-refractivity contribution in [2.75, 3.05) is 18.5 Å². The highest BCUT2D eigenvalue weighted by atomic mass is 16.5. The minimum atomic E-state index is -0.297. The van der Waals surface area contributed by atoms with Gasteiger partial charge < -0.3 is 14.8 Å². The van der Waals surface area contributed by atoms with Crippen LogP contribution < -0.4 is 14.8 Å². The fourth-order valence-electron chi connectivity index (χ4n) is 4.17. The zero-order valence-electron chi connectivity index (χ0n) is 15.5. The predicted octanol–water partition coefficient (Wildman–Crippen LogP) is 3.02. The first-order valence-corrected chi connectivity index (χ1v) is 9.46. The number of ketones is 1. The first kappa shape index (κ1) is 16.4. The van der Waals surface area contributed by atoms with E-state index in [1.54, 1.807) is 0 Å². The lowest BCUT2D eigenvalue weighted by Gasteiger charge is -2.34. The molecule has 0 fully saturated rings. The molecular weight excluding hydrogens is 344 g/mol. The maximum absolute atomic E-state index is 13.0. The van der Waals surface area contributed by atoms with Gasteiger partial charge in [-0.3, -0.25) is 4.79 Å². The molecule has 0 bridgehead atoms. The monoisotopic (exact) mass is 366 g/mol. The van der Waals surface area contributed by atoms with Crippen molar-refractivity contribution < 1.29 is 14.3 Å². The van der Waals surface area contributed by atoms with E-state index in [2.05, 4.69) is 22.3 Å². The minimum Gasteiger partial charge on any atom is -0.490 e. The van der Waals surface area contributed by atoms with Gasteiger partial charge in [-0.15, -0.1) is 0 Å². The van der Waals surface area contributed by atoms with E-state index >= 15 is 0 Å². The lowest BCUT2D eigenvalue weighted by Crippen LogP contribution is -2.33. The van der Waals surface area contributed by atoms with Crippen LogP contribution in [0.5, 0.6) is 11.5 Å². The Kier molecular flexibility index (Phi) is 3.70. The third kappa shape index (κ3) is 2.69. The molecular formula is C20H22N4O3. The summed E-state index contributed by atoms with van der Waals surface area (Å²) < 4.78 is 13.4. The van der Waals surface area contributed by atoms with Crippen LogP contribution in [0, 0.1) is 12.8 Å². The number of benzene rings is 1. The van der Waals surface area contributed by atoms with Crippen molar-refractivity contribution in [2.24, 2.45) is 5.92 Å². The van der Waals surface area contributed by atoms with Crippen LogP contribution in [0.25, 0.3) is 0 Å². The van der Waals surface area contributed by atoms with Crippen molar-refractivity contribution in [1.29, 1.82) is 0 Å². The van der Waals surface area contributed by atoms with E-state index in [1.807, 2.05) is 29.8 Å². The SMILES string of the molecule is Cc1nc2n(n1)C(c1ccc3c(c1)OCCCO3)C1=C(CC(C)CC1=O)N2. The standard InChI is InChI=1S/C20H22N4O3/c1-11-8-14-18(15(25)9-11)19(24-20(22-14)21-12(2)23-24)13-4-5-16-17(10-13)27-7-3-6-26-16/h4-5,10-11,19H,3,6-9H2,1-2H3,(H,21,22,23). The molecule has 0 saturated carbocycles. The molecule has 1 N–H and O–H groups in total. The van der Waals surface area contributed by atoms with Gasteiger partial charge in [0.05, 0.1) is 13.2 Å². The second kappa shape index (κ2) is 6.11. The van der Waals surface area contributed by atoms with Gasteiger partial charge in [-0.2, -0.15) is 10.1 Å². The summed E-state index contributed by atoms with van der Waals surface area (Å²) in [5, 5.41) is 7.91. The maximum atomic E-state index is 13.0. The third-order valence-corrected chi connectivity index (χ3v) is 5.32.